The van der Waals surface area contributed by atoms with Gasteiger partial charge < -0.3 is 10.6 Å². The minimum Gasteiger partial charge on any atom is -0.322 e. The van der Waals surface area contributed by atoms with Gasteiger partial charge >= 0.3 is 0 Å². The van der Waals surface area contributed by atoms with Gasteiger partial charge in [-0.1, -0.05) is 44.5 Å². The number of non-ortho nitro benzene ring substituents is 1. The van der Waals surface area contributed by atoms with E-state index in [1.54, 1.807) is 36.4 Å². The van der Waals surface area contributed by atoms with E-state index in [2.05, 4.69) is 31.4 Å². The summed E-state index contributed by atoms with van der Waals surface area (Å²) in [5.41, 5.74) is 2.45. The molecule has 0 heterocycles. The van der Waals surface area contributed by atoms with E-state index in [0.29, 0.717) is 16.9 Å². The van der Waals surface area contributed by atoms with Gasteiger partial charge in [0.05, 0.1) is 15.5 Å². The average Bonchev–Trinajstić information content (AvgIpc) is 2.74. The van der Waals surface area contributed by atoms with Crippen LogP contribution in [0.5, 0.6) is 0 Å². The first-order valence-electron chi connectivity index (χ1n) is 9.82. The van der Waals surface area contributed by atoms with E-state index >= 15 is 0 Å². The molecule has 0 radical (unpaired) electrons. The molecule has 3 aromatic carbocycles. The van der Waals surface area contributed by atoms with Crippen molar-refractivity contribution in [3.8, 4) is 0 Å². The van der Waals surface area contributed by atoms with Gasteiger partial charge in [-0.3, -0.25) is 19.7 Å². The lowest BCUT2D eigenvalue weighted by Crippen LogP contribution is -2.15. The van der Waals surface area contributed by atoms with Crippen molar-refractivity contribution in [2.24, 2.45) is 0 Å². The molecular weight excluding hydrogens is 430 g/mol. The van der Waals surface area contributed by atoms with Crippen LogP contribution < -0.4 is 10.6 Å². The van der Waals surface area contributed by atoms with Crippen LogP contribution in [-0.2, 0) is 5.41 Å². The summed E-state index contributed by atoms with van der Waals surface area (Å²) in [6, 6.07) is 17.6. The largest absolute Gasteiger partial charge is 0.322 e. The molecule has 32 heavy (non-hydrogen) atoms. The molecule has 164 valence electrons. The highest BCUT2D eigenvalue weighted by molar-refractivity contribution is 6.34. The lowest BCUT2D eigenvalue weighted by molar-refractivity contribution is -0.384. The molecule has 0 aliphatic carbocycles. The Balaban J connectivity index is 1.66. The van der Waals surface area contributed by atoms with E-state index in [4.69, 9.17) is 11.6 Å². The lowest BCUT2D eigenvalue weighted by atomic mass is 9.87. The van der Waals surface area contributed by atoms with Crippen LogP contribution in [0.3, 0.4) is 0 Å². The zero-order chi connectivity index (χ0) is 23.5. The summed E-state index contributed by atoms with van der Waals surface area (Å²) in [6.07, 6.45) is 0. The molecular formula is C24H22ClN3O4. The average molecular weight is 452 g/mol. The van der Waals surface area contributed by atoms with E-state index < -0.39 is 10.8 Å². The number of nitrogens with zero attached hydrogens (tertiary/aromatic N) is 1. The van der Waals surface area contributed by atoms with Gasteiger partial charge in [-0.15, -0.1) is 0 Å². The minimum absolute atomic E-state index is 0.00282. The second-order valence-electron chi connectivity index (χ2n) is 8.23. The van der Waals surface area contributed by atoms with Crippen LogP contribution >= 0.6 is 11.6 Å². The van der Waals surface area contributed by atoms with Crippen LogP contribution in [0, 0.1) is 10.1 Å². The number of anilines is 2. The monoisotopic (exact) mass is 451 g/mol. The number of carbonyl (C=O) groups excluding carboxylic acids is 2. The number of nitrogens with one attached hydrogen (secondary N) is 2. The molecule has 8 heteroatoms. The van der Waals surface area contributed by atoms with Crippen molar-refractivity contribution in [3.05, 3.63) is 98.6 Å². The molecule has 2 N–H and O–H groups in total. The third-order valence-electron chi connectivity index (χ3n) is 4.82. The molecule has 0 unspecified atom stereocenters. The van der Waals surface area contributed by atoms with Crippen molar-refractivity contribution >= 4 is 40.5 Å². The fraction of sp³-hybridized carbons (Fsp3) is 0.167. The number of hydrogen-bond donors (Lipinski definition) is 2. The third kappa shape index (κ3) is 5.50. The smallest absolute Gasteiger partial charge is 0.270 e. The summed E-state index contributed by atoms with van der Waals surface area (Å²) < 4.78 is 0. The third-order valence-corrected chi connectivity index (χ3v) is 5.15. The Morgan fingerprint density at radius 1 is 0.844 bits per heavy atom. The van der Waals surface area contributed by atoms with Gasteiger partial charge in [-0.2, -0.15) is 0 Å². The van der Waals surface area contributed by atoms with Gasteiger partial charge in [0.2, 0.25) is 0 Å². The fourth-order valence-electron chi connectivity index (χ4n) is 2.96. The van der Waals surface area contributed by atoms with E-state index in [-0.39, 0.29) is 27.6 Å². The van der Waals surface area contributed by atoms with Crippen molar-refractivity contribution in [3.63, 3.8) is 0 Å². The fourth-order valence-corrected chi connectivity index (χ4v) is 3.16. The van der Waals surface area contributed by atoms with E-state index in [9.17, 15) is 19.7 Å². The van der Waals surface area contributed by atoms with Gasteiger partial charge in [0.15, 0.2) is 0 Å². The first kappa shape index (κ1) is 23.0. The summed E-state index contributed by atoms with van der Waals surface area (Å²) in [5.74, 6) is -0.819. The zero-order valence-electron chi connectivity index (χ0n) is 17.8. The standard InChI is InChI=1S/C24H22ClN3O4/c1-24(2,3)16-6-4-15(5-7-16)22(29)26-17-8-10-18(11-9-17)27-23(30)20-14-19(28(31)32)12-13-21(20)25/h4-14H,1-3H3,(H,26,29)(H,27,30). The molecule has 3 aromatic rings. The highest BCUT2D eigenvalue weighted by Crippen LogP contribution is 2.24. The van der Waals surface area contributed by atoms with Gasteiger partial charge in [0, 0.05) is 29.1 Å². The van der Waals surface area contributed by atoms with E-state index in [1.807, 2.05) is 12.1 Å². The number of benzene rings is 3. The normalized spacial score (nSPS) is 11.0. The molecule has 0 spiro atoms. The number of nitro groups is 1. The molecule has 0 bridgehead atoms. The Morgan fingerprint density at radius 3 is 1.88 bits per heavy atom. The van der Waals surface area contributed by atoms with Crippen LogP contribution in [0.15, 0.2) is 66.7 Å². The van der Waals surface area contributed by atoms with Crippen molar-refractivity contribution in [1.82, 2.24) is 0 Å². The highest BCUT2D eigenvalue weighted by Gasteiger charge is 2.17. The Bertz CT molecular complexity index is 1170. The van der Waals surface area contributed by atoms with Crippen LogP contribution in [0.1, 0.15) is 47.1 Å². The number of rotatable bonds is 5. The number of nitro benzene ring substituents is 1. The molecule has 0 aliphatic heterocycles. The van der Waals surface area contributed by atoms with Gasteiger partial charge in [-0.25, -0.2) is 0 Å². The Morgan fingerprint density at radius 2 is 1.38 bits per heavy atom. The molecule has 7 nitrogen and oxygen atoms in total. The van der Waals surface area contributed by atoms with Gasteiger partial charge in [0.1, 0.15) is 0 Å². The second kappa shape index (κ2) is 9.20. The molecule has 0 saturated heterocycles. The van der Waals surface area contributed by atoms with Crippen LogP contribution in [0.2, 0.25) is 5.02 Å². The summed E-state index contributed by atoms with van der Waals surface area (Å²) >= 11 is 6.01. The predicted octanol–water partition coefficient (Wildman–Crippen LogP) is 6.05. The number of halogens is 1. The summed E-state index contributed by atoms with van der Waals surface area (Å²) in [4.78, 5) is 35.3. The first-order valence-corrected chi connectivity index (χ1v) is 10.2. The topological polar surface area (TPSA) is 101 Å². The van der Waals surface area contributed by atoms with Crippen LogP contribution in [0.4, 0.5) is 17.1 Å². The first-order chi connectivity index (χ1) is 15.0. The van der Waals surface area contributed by atoms with Gasteiger partial charge in [-0.05, 0) is 53.4 Å². The summed E-state index contributed by atoms with van der Waals surface area (Å²) in [5, 5.41) is 16.5. The lowest BCUT2D eigenvalue weighted by Gasteiger charge is -2.19. The van der Waals surface area contributed by atoms with E-state index in [1.165, 1.54) is 12.1 Å². The SMILES string of the molecule is CC(C)(C)c1ccc(C(=O)Nc2ccc(NC(=O)c3cc([N+](=O)[O-])ccc3Cl)cc2)cc1. The molecule has 0 saturated carbocycles. The quantitative estimate of drug-likeness (QED) is 0.364. The number of carbonyl (C=O) groups is 2. The summed E-state index contributed by atoms with van der Waals surface area (Å²) in [6.45, 7) is 6.32. The second-order valence-corrected chi connectivity index (χ2v) is 8.64. The molecule has 2 amide bonds. The van der Waals surface area contributed by atoms with E-state index in [0.717, 1.165) is 11.6 Å². The van der Waals surface area contributed by atoms with Crippen LogP contribution in [-0.4, -0.2) is 16.7 Å². The Hall–Kier alpha value is -3.71. The Kier molecular flexibility index (Phi) is 6.60. The molecule has 0 aromatic heterocycles. The molecule has 3 rings (SSSR count). The van der Waals surface area contributed by atoms with Crippen molar-refractivity contribution < 1.29 is 14.5 Å². The van der Waals surface area contributed by atoms with Crippen molar-refractivity contribution in [1.29, 1.82) is 0 Å². The number of hydrogen-bond acceptors (Lipinski definition) is 4. The zero-order valence-corrected chi connectivity index (χ0v) is 18.6. The van der Waals surface area contributed by atoms with Crippen molar-refractivity contribution in [2.75, 3.05) is 10.6 Å². The minimum atomic E-state index is -0.596. The molecule has 0 fully saturated rings. The molecule has 0 atom stereocenters. The van der Waals surface area contributed by atoms with Crippen molar-refractivity contribution in [2.45, 2.75) is 26.2 Å². The Labute approximate surface area is 190 Å². The predicted molar refractivity (Wildman–Crippen MR) is 126 cm³/mol. The maximum atomic E-state index is 12.5. The maximum Gasteiger partial charge on any atom is 0.270 e. The number of amides is 2. The summed E-state index contributed by atoms with van der Waals surface area (Å²) in [7, 11) is 0. The highest BCUT2D eigenvalue weighted by atomic mass is 35.5. The maximum absolute atomic E-state index is 12.5. The van der Waals surface area contributed by atoms with Crippen LogP contribution in [0.25, 0.3) is 0 Å². The molecule has 0 aliphatic rings. The van der Waals surface area contributed by atoms with Gasteiger partial charge in [0.25, 0.3) is 17.5 Å².